The molecule has 0 radical (unpaired) electrons. The van der Waals surface area contributed by atoms with Gasteiger partial charge in [0.2, 0.25) is 0 Å². The Morgan fingerprint density at radius 2 is 1.66 bits per heavy atom. The van der Waals surface area contributed by atoms with Gasteiger partial charge in [-0.25, -0.2) is 9.69 Å². The average molecular weight is 432 g/mol. The van der Waals surface area contributed by atoms with Gasteiger partial charge in [-0.1, -0.05) is 41.4 Å². The van der Waals surface area contributed by atoms with Crippen LogP contribution in [0.4, 0.5) is 10.5 Å². The quantitative estimate of drug-likeness (QED) is 0.688. The van der Waals surface area contributed by atoms with Gasteiger partial charge in [0.15, 0.2) is 0 Å². The van der Waals surface area contributed by atoms with Gasteiger partial charge in [-0.15, -0.1) is 0 Å². The largest absolute Gasteiger partial charge is 0.338 e. The number of rotatable bonds is 3. The maximum atomic E-state index is 12.9. The number of para-hydroxylation sites is 1. The van der Waals surface area contributed by atoms with Crippen molar-refractivity contribution in [1.29, 1.82) is 0 Å². The first-order valence-electron chi connectivity index (χ1n) is 9.38. The summed E-state index contributed by atoms with van der Waals surface area (Å²) in [4.78, 5) is 42.6. The molecule has 0 atom stereocenters. The third-order valence-electron chi connectivity index (χ3n) is 5.36. The van der Waals surface area contributed by atoms with Crippen LogP contribution in [0.5, 0.6) is 0 Å². The van der Waals surface area contributed by atoms with Crippen molar-refractivity contribution in [2.45, 2.75) is 18.9 Å². The molecule has 4 rings (SSSR count). The normalized spacial score (nSPS) is 17.9. The van der Waals surface area contributed by atoms with Crippen LogP contribution < -0.4 is 4.90 Å². The molecule has 29 heavy (non-hydrogen) atoms. The molecular weight excluding hydrogens is 413 g/mol. The smallest absolute Gasteiger partial charge is 0.332 e. The molecule has 0 N–H and O–H groups in total. The molecular formula is C21H19Cl2N3O3. The lowest BCUT2D eigenvalue weighted by Gasteiger charge is -2.36. The van der Waals surface area contributed by atoms with E-state index in [2.05, 4.69) is 0 Å². The molecule has 0 aromatic heterocycles. The van der Waals surface area contributed by atoms with Gasteiger partial charge in [-0.2, -0.15) is 0 Å². The molecule has 2 saturated heterocycles. The molecule has 2 aromatic rings. The number of nitrogens with zero attached hydrogens (tertiary/aromatic N) is 3. The predicted molar refractivity (Wildman–Crippen MR) is 111 cm³/mol. The number of piperidine rings is 1. The summed E-state index contributed by atoms with van der Waals surface area (Å²) < 4.78 is 0. The second kappa shape index (κ2) is 8.05. The number of halogens is 2. The van der Waals surface area contributed by atoms with Crippen LogP contribution >= 0.6 is 23.2 Å². The van der Waals surface area contributed by atoms with Gasteiger partial charge in [0.1, 0.15) is 6.54 Å². The highest BCUT2D eigenvalue weighted by Gasteiger charge is 2.41. The van der Waals surface area contributed by atoms with Crippen LogP contribution in [0.1, 0.15) is 23.2 Å². The number of likely N-dealkylation sites (tertiary alicyclic amines) is 1. The summed E-state index contributed by atoms with van der Waals surface area (Å²) in [7, 11) is 0. The topological polar surface area (TPSA) is 60.9 Å². The fraction of sp³-hybridized carbons (Fsp3) is 0.286. The number of hydrogen-bond acceptors (Lipinski definition) is 3. The molecule has 6 nitrogen and oxygen atoms in total. The zero-order chi connectivity index (χ0) is 20.5. The first-order chi connectivity index (χ1) is 14.0. The molecule has 4 amide bonds. The molecule has 2 aliphatic heterocycles. The van der Waals surface area contributed by atoms with E-state index in [4.69, 9.17) is 23.2 Å². The van der Waals surface area contributed by atoms with Crippen molar-refractivity contribution in [3.63, 3.8) is 0 Å². The molecule has 0 spiro atoms. The zero-order valence-electron chi connectivity index (χ0n) is 15.6. The lowest BCUT2D eigenvalue weighted by molar-refractivity contribution is -0.116. The minimum Gasteiger partial charge on any atom is -0.338 e. The second-order valence-corrected chi connectivity index (χ2v) is 7.97. The van der Waals surface area contributed by atoms with Crippen LogP contribution in [-0.2, 0) is 4.79 Å². The molecule has 8 heteroatoms. The minimum absolute atomic E-state index is 0.0620. The predicted octanol–water partition coefficient (Wildman–Crippen LogP) is 4.07. The average Bonchev–Trinajstić information content (AvgIpc) is 3.04. The van der Waals surface area contributed by atoms with E-state index in [0.29, 0.717) is 47.2 Å². The van der Waals surface area contributed by atoms with E-state index in [9.17, 15) is 14.4 Å². The van der Waals surface area contributed by atoms with Crippen molar-refractivity contribution in [3.05, 3.63) is 64.1 Å². The number of carbonyl (C=O) groups is 3. The summed E-state index contributed by atoms with van der Waals surface area (Å²) in [6.45, 7) is 1.03. The first-order valence-corrected chi connectivity index (χ1v) is 10.1. The van der Waals surface area contributed by atoms with Crippen molar-refractivity contribution >= 4 is 46.7 Å². The number of anilines is 1. The van der Waals surface area contributed by atoms with Crippen molar-refractivity contribution < 1.29 is 14.4 Å². The Morgan fingerprint density at radius 3 is 2.34 bits per heavy atom. The maximum absolute atomic E-state index is 12.9. The standard InChI is InChI=1S/C21H19Cl2N3O3/c22-14-6-7-18(23)17(12-14)20(28)24-10-8-15(9-11-24)25-13-19(27)26(21(25)29)16-4-2-1-3-5-16/h1-7,12,15H,8-11,13H2. The van der Waals surface area contributed by atoms with Crippen LogP contribution in [0.3, 0.4) is 0 Å². The number of benzene rings is 2. The highest BCUT2D eigenvalue weighted by atomic mass is 35.5. The van der Waals surface area contributed by atoms with Crippen molar-refractivity contribution in [1.82, 2.24) is 9.80 Å². The fourth-order valence-corrected chi connectivity index (χ4v) is 4.22. The number of urea groups is 1. The van der Waals surface area contributed by atoms with E-state index in [1.807, 2.05) is 6.07 Å². The molecule has 0 unspecified atom stereocenters. The Hall–Kier alpha value is -2.57. The monoisotopic (exact) mass is 431 g/mol. The molecule has 2 aliphatic rings. The molecule has 2 fully saturated rings. The van der Waals surface area contributed by atoms with Crippen LogP contribution in [0.15, 0.2) is 48.5 Å². The number of amides is 4. The van der Waals surface area contributed by atoms with Crippen molar-refractivity contribution in [3.8, 4) is 0 Å². The third kappa shape index (κ3) is 3.82. The van der Waals surface area contributed by atoms with E-state index >= 15 is 0 Å². The number of imide groups is 1. The third-order valence-corrected chi connectivity index (χ3v) is 5.92. The minimum atomic E-state index is -0.302. The molecule has 2 aromatic carbocycles. The number of carbonyl (C=O) groups excluding carboxylic acids is 3. The Bertz CT molecular complexity index is 959. The maximum Gasteiger partial charge on any atom is 0.332 e. The Balaban J connectivity index is 1.42. The van der Waals surface area contributed by atoms with Gasteiger partial charge in [0.25, 0.3) is 11.8 Å². The summed E-state index contributed by atoms with van der Waals surface area (Å²) in [6.07, 6.45) is 1.21. The summed E-state index contributed by atoms with van der Waals surface area (Å²) in [6, 6.07) is 13.3. The van der Waals surface area contributed by atoms with Crippen molar-refractivity contribution in [2.24, 2.45) is 0 Å². The Labute approximate surface area is 178 Å². The lowest BCUT2D eigenvalue weighted by atomic mass is 10.0. The summed E-state index contributed by atoms with van der Waals surface area (Å²) in [5.74, 6) is -0.406. The van der Waals surface area contributed by atoms with Crippen LogP contribution in [0.2, 0.25) is 10.0 Å². The van der Waals surface area contributed by atoms with Gasteiger partial charge < -0.3 is 9.80 Å². The SMILES string of the molecule is O=C(c1cc(Cl)ccc1Cl)N1CCC(N2CC(=O)N(c3ccccc3)C2=O)CC1. The van der Waals surface area contributed by atoms with Crippen LogP contribution in [-0.4, -0.2) is 53.3 Å². The second-order valence-electron chi connectivity index (χ2n) is 7.12. The molecule has 150 valence electrons. The van der Waals surface area contributed by atoms with E-state index in [1.165, 1.54) is 4.90 Å². The van der Waals surface area contributed by atoms with Gasteiger partial charge >= 0.3 is 6.03 Å². The zero-order valence-corrected chi connectivity index (χ0v) is 17.1. The van der Waals surface area contributed by atoms with Gasteiger partial charge in [-0.05, 0) is 43.2 Å². The fourth-order valence-electron chi connectivity index (χ4n) is 3.85. The van der Waals surface area contributed by atoms with Gasteiger partial charge in [0.05, 0.1) is 16.3 Å². The van der Waals surface area contributed by atoms with Gasteiger partial charge in [0, 0.05) is 24.2 Å². The highest BCUT2D eigenvalue weighted by Crippen LogP contribution is 2.28. The highest BCUT2D eigenvalue weighted by molar-refractivity contribution is 6.35. The van der Waals surface area contributed by atoms with E-state index in [0.717, 1.165) is 0 Å². The van der Waals surface area contributed by atoms with Gasteiger partial charge in [-0.3, -0.25) is 9.59 Å². The molecule has 0 saturated carbocycles. The summed E-state index contributed by atoms with van der Waals surface area (Å²) in [5.41, 5.74) is 0.952. The first kappa shape index (κ1) is 19.7. The molecule has 2 heterocycles. The Kier molecular flexibility index (Phi) is 5.48. The molecule has 0 bridgehead atoms. The van der Waals surface area contributed by atoms with E-state index < -0.39 is 0 Å². The van der Waals surface area contributed by atoms with Crippen LogP contribution in [0.25, 0.3) is 0 Å². The van der Waals surface area contributed by atoms with Crippen molar-refractivity contribution in [2.75, 3.05) is 24.5 Å². The summed E-state index contributed by atoms with van der Waals surface area (Å²) in [5, 5.41) is 0.815. The lowest BCUT2D eigenvalue weighted by Crippen LogP contribution is -2.48. The Morgan fingerprint density at radius 1 is 0.966 bits per heavy atom. The van der Waals surface area contributed by atoms with Crippen LogP contribution in [0, 0.1) is 0 Å². The number of hydrogen-bond donors (Lipinski definition) is 0. The van der Waals surface area contributed by atoms with E-state index in [-0.39, 0.29) is 30.4 Å². The van der Waals surface area contributed by atoms with E-state index in [1.54, 1.807) is 52.3 Å². The summed E-state index contributed by atoms with van der Waals surface area (Å²) >= 11 is 12.1. The molecule has 0 aliphatic carbocycles.